The largest absolute Gasteiger partial charge is 0.363 e. The molecule has 3 heterocycles. The van der Waals surface area contributed by atoms with E-state index in [9.17, 15) is 10.2 Å². The predicted molar refractivity (Wildman–Crippen MR) is 74.1 cm³/mol. The van der Waals surface area contributed by atoms with Crippen LogP contribution in [0.2, 0.25) is 0 Å². The van der Waals surface area contributed by atoms with Gasteiger partial charge in [-0.25, -0.2) is 0 Å². The number of aromatic nitrogens is 2. The summed E-state index contributed by atoms with van der Waals surface area (Å²) in [5, 5.41) is 27.5. The summed E-state index contributed by atoms with van der Waals surface area (Å²) < 4.78 is 0. The van der Waals surface area contributed by atoms with Crippen LogP contribution in [-0.4, -0.2) is 25.3 Å². The van der Waals surface area contributed by atoms with Crippen molar-refractivity contribution in [3.8, 4) is 11.4 Å². The highest BCUT2D eigenvalue weighted by Gasteiger charge is 2.62. The molecule has 2 aromatic rings. The number of aliphatic hydroxyl groups is 2. The van der Waals surface area contributed by atoms with E-state index in [1.54, 1.807) is 36.7 Å². The second-order valence-electron chi connectivity index (χ2n) is 4.80. The van der Waals surface area contributed by atoms with Gasteiger partial charge < -0.3 is 20.8 Å². The van der Waals surface area contributed by atoms with Crippen LogP contribution in [0.25, 0.3) is 11.4 Å². The van der Waals surface area contributed by atoms with E-state index in [1.807, 2.05) is 0 Å². The third-order valence-electron chi connectivity index (χ3n) is 3.73. The van der Waals surface area contributed by atoms with E-state index < -0.39 is 11.4 Å². The Bertz CT molecular complexity index is 691. The molecule has 0 aromatic carbocycles. The lowest BCUT2D eigenvalue weighted by atomic mass is 9.79. The summed E-state index contributed by atoms with van der Waals surface area (Å²) in [6, 6.07) is 6.75. The number of nitrogens with zero attached hydrogens (tertiary/aromatic N) is 2. The molecule has 2 atom stereocenters. The maximum Gasteiger partial charge on any atom is 0.219 e. The van der Waals surface area contributed by atoms with Crippen molar-refractivity contribution < 1.29 is 10.2 Å². The van der Waals surface area contributed by atoms with Gasteiger partial charge in [0.1, 0.15) is 0 Å². The summed E-state index contributed by atoms with van der Waals surface area (Å²) in [6.07, 6.45) is 3.23. The molecule has 100 valence electrons. The molecule has 7 heteroatoms. The lowest BCUT2D eigenvalue weighted by Gasteiger charge is -2.41. The van der Waals surface area contributed by atoms with Gasteiger partial charge in [-0.2, -0.15) is 0 Å². The zero-order valence-corrected chi connectivity index (χ0v) is 11.0. The van der Waals surface area contributed by atoms with Crippen LogP contribution >= 0.6 is 12.2 Å². The minimum Gasteiger partial charge on any atom is -0.363 e. The van der Waals surface area contributed by atoms with E-state index in [0.29, 0.717) is 22.5 Å². The molecular formula is C13H10N4O2S. The zero-order chi connectivity index (χ0) is 14.0. The maximum absolute atomic E-state index is 11.0. The number of hydrogen-bond donors (Lipinski definition) is 4. The molecule has 1 aliphatic heterocycles. The van der Waals surface area contributed by atoms with E-state index in [0.717, 1.165) is 0 Å². The third kappa shape index (κ3) is 1.17. The van der Waals surface area contributed by atoms with Gasteiger partial charge in [0.25, 0.3) is 0 Å². The molecule has 0 saturated carbocycles. The first kappa shape index (κ1) is 11.7. The Morgan fingerprint density at radius 1 is 0.900 bits per heavy atom. The number of pyridine rings is 2. The first-order valence-electron chi connectivity index (χ1n) is 6.03. The average molecular weight is 286 g/mol. The number of hydrogen-bond acceptors (Lipinski definition) is 5. The highest BCUT2D eigenvalue weighted by Crippen LogP contribution is 2.49. The molecule has 0 spiro atoms. The Hall–Kier alpha value is -2.09. The molecule has 0 unspecified atom stereocenters. The molecule has 4 N–H and O–H groups in total. The summed E-state index contributed by atoms with van der Waals surface area (Å²) in [5.41, 5.74) is -1.64. The summed E-state index contributed by atoms with van der Waals surface area (Å²) in [7, 11) is 0. The van der Waals surface area contributed by atoms with E-state index in [1.165, 1.54) is 0 Å². The van der Waals surface area contributed by atoms with Gasteiger partial charge in [0.05, 0.1) is 11.4 Å². The second kappa shape index (κ2) is 3.51. The SMILES string of the molecule is O[C@@]12NC(=S)N[C@]1(O)c1cccnc1-c1ncccc12. The number of nitrogens with one attached hydrogen (secondary N) is 2. The number of thiocarbonyl (C=S) groups is 1. The van der Waals surface area contributed by atoms with Crippen molar-refractivity contribution in [1.82, 2.24) is 20.6 Å². The molecule has 0 radical (unpaired) electrons. The van der Waals surface area contributed by atoms with E-state index in [2.05, 4.69) is 20.6 Å². The molecular weight excluding hydrogens is 276 g/mol. The molecule has 20 heavy (non-hydrogen) atoms. The maximum atomic E-state index is 11.0. The van der Waals surface area contributed by atoms with Crippen LogP contribution in [-0.2, 0) is 11.4 Å². The summed E-state index contributed by atoms with van der Waals surface area (Å²) in [4.78, 5) is 8.56. The highest BCUT2D eigenvalue weighted by molar-refractivity contribution is 7.80. The molecule has 2 aliphatic rings. The molecule has 1 fully saturated rings. The quantitative estimate of drug-likeness (QED) is 0.504. The Morgan fingerprint density at radius 2 is 1.35 bits per heavy atom. The molecule has 0 bridgehead atoms. The first-order chi connectivity index (χ1) is 9.56. The molecule has 1 saturated heterocycles. The molecule has 6 nitrogen and oxygen atoms in total. The van der Waals surface area contributed by atoms with Crippen LogP contribution in [0, 0.1) is 0 Å². The van der Waals surface area contributed by atoms with Crippen molar-refractivity contribution in [1.29, 1.82) is 0 Å². The lowest BCUT2D eigenvalue weighted by molar-refractivity contribution is -0.167. The Labute approximate surface area is 119 Å². The minimum atomic E-state index is -1.77. The van der Waals surface area contributed by atoms with Crippen molar-refractivity contribution in [2.24, 2.45) is 0 Å². The van der Waals surface area contributed by atoms with Gasteiger partial charge in [0, 0.05) is 23.5 Å². The van der Waals surface area contributed by atoms with Crippen LogP contribution in [0.4, 0.5) is 0 Å². The lowest BCUT2D eigenvalue weighted by Crippen LogP contribution is -2.57. The van der Waals surface area contributed by atoms with E-state index in [4.69, 9.17) is 12.2 Å². The zero-order valence-electron chi connectivity index (χ0n) is 10.2. The number of fused-ring (bicyclic) bond motifs is 6. The van der Waals surface area contributed by atoms with Gasteiger partial charge in [0.15, 0.2) is 5.11 Å². The third-order valence-corrected chi connectivity index (χ3v) is 3.94. The van der Waals surface area contributed by atoms with Crippen molar-refractivity contribution in [2.75, 3.05) is 0 Å². The van der Waals surface area contributed by atoms with Gasteiger partial charge in [-0.15, -0.1) is 0 Å². The molecule has 0 amide bonds. The second-order valence-corrected chi connectivity index (χ2v) is 5.21. The van der Waals surface area contributed by atoms with Crippen molar-refractivity contribution in [3.05, 3.63) is 47.8 Å². The summed E-state index contributed by atoms with van der Waals surface area (Å²) >= 11 is 5.05. The van der Waals surface area contributed by atoms with E-state index >= 15 is 0 Å². The van der Waals surface area contributed by atoms with Crippen LogP contribution in [0.15, 0.2) is 36.7 Å². The average Bonchev–Trinajstić information content (AvgIpc) is 2.70. The van der Waals surface area contributed by atoms with Gasteiger partial charge in [-0.05, 0) is 24.4 Å². The fraction of sp³-hybridized carbons (Fsp3) is 0.154. The fourth-order valence-corrected chi connectivity index (χ4v) is 3.13. The normalized spacial score (nSPS) is 29.8. The van der Waals surface area contributed by atoms with Crippen LogP contribution < -0.4 is 10.6 Å². The predicted octanol–water partition coefficient (Wildman–Crippen LogP) is -0.0749. The minimum absolute atomic E-state index is 0.168. The van der Waals surface area contributed by atoms with Gasteiger partial charge in [-0.3, -0.25) is 9.97 Å². The van der Waals surface area contributed by atoms with Crippen LogP contribution in [0.1, 0.15) is 11.1 Å². The Morgan fingerprint density at radius 3 is 1.80 bits per heavy atom. The molecule has 2 aromatic heterocycles. The summed E-state index contributed by atoms with van der Waals surface area (Å²) in [5.74, 6) is 0. The molecule has 1 aliphatic carbocycles. The Balaban J connectivity index is 2.14. The first-order valence-corrected chi connectivity index (χ1v) is 6.43. The topological polar surface area (TPSA) is 90.3 Å². The fourth-order valence-electron chi connectivity index (χ4n) is 2.84. The smallest absolute Gasteiger partial charge is 0.219 e. The van der Waals surface area contributed by atoms with Gasteiger partial charge in [-0.1, -0.05) is 12.1 Å². The van der Waals surface area contributed by atoms with Crippen molar-refractivity contribution in [2.45, 2.75) is 11.4 Å². The standard InChI is InChI=1S/C13H10N4O2S/c18-12-7-3-1-5-14-9(7)10-8(4-2-6-15-10)13(12,19)17-11(20)16-12/h1-6,18-19H,(H2,16,17,20)/t12-,13+. The van der Waals surface area contributed by atoms with Crippen molar-refractivity contribution >= 4 is 17.3 Å². The monoisotopic (exact) mass is 286 g/mol. The Kier molecular flexibility index (Phi) is 2.06. The van der Waals surface area contributed by atoms with E-state index in [-0.39, 0.29) is 5.11 Å². The number of rotatable bonds is 0. The highest BCUT2D eigenvalue weighted by atomic mass is 32.1. The van der Waals surface area contributed by atoms with Crippen molar-refractivity contribution in [3.63, 3.8) is 0 Å². The van der Waals surface area contributed by atoms with Crippen LogP contribution in [0.5, 0.6) is 0 Å². The molecule has 4 rings (SSSR count). The summed E-state index contributed by atoms with van der Waals surface area (Å²) in [6.45, 7) is 0. The van der Waals surface area contributed by atoms with Crippen LogP contribution in [0.3, 0.4) is 0 Å². The van der Waals surface area contributed by atoms with Gasteiger partial charge in [0.2, 0.25) is 11.4 Å². The van der Waals surface area contributed by atoms with Gasteiger partial charge >= 0.3 is 0 Å².